The van der Waals surface area contributed by atoms with Crippen LogP contribution < -0.4 is 5.32 Å². The second-order valence-corrected chi connectivity index (χ2v) is 6.73. The fourth-order valence-electron chi connectivity index (χ4n) is 2.58. The Morgan fingerprint density at radius 1 is 1.00 bits per heavy atom. The summed E-state index contributed by atoms with van der Waals surface area (Å²) in [7, 11) is 0. The summed E-state index contributed by atoms with van der Waals surface area (Å²) in [6.07, 6.45) is 8.18. The molecule has 1 aromatic carbocycles. The van der Waals surface area contributed by atoms with Gasteiger partial charge in [-0.25, -0.2) is 0 Å². The van der Waals surface area contributed by atoms with E-state index in [1.54, 1.807) is 0 Å². The van der Waals surface area contributed by atoms with Gasteiger partial charge in [0.25, 0.3) is 0 Å². The van der Waals surface area contributed by atoms with E-state index in [-0.39, 0.29) is 5.41 Å². The standard InChI is InChI=1S/C19H33N/c1-5-6-7-8-10-13-17(2)20-16-19(3,4)18-14-11-9-12-15-18/h9,11-12,14-15,17,20H,5-8,10,13,16H2,1-4H3. The highest BCUT2D eigenvalue weighted by Crippen LogP contribution is 2.22. The summed E-state index contributed by atoms with van der Waals surface area (Å²) in [5.41, 5.74) is 1.63. The van der Waals surface area contributed by atoms with Crippen LogP contribution in [0.5, 0.6) is 0 Å². The molecule has 1 aromatic rings. The van der Waals surface area contributed by atoms with Crippen molar-refractivity contribution < 1.29 is 0 Å². The van der Waals surface area contributed by atoms with Crippen molar-refractivity contribution in [2.45, 2.75) is 77.7 Å². The van der Waals surface area contributed by atoms with Gasteiger partial charge >= 0.3 is 0 Å². The lowest BCUT2D eigenvalue weighted by Crippen LogP contribution is -2.37. The smallest absolute Gasteiger partial charge is 0.00456 e. The van der Waals surface area contributed by atoms with E-state index in [1.807, 2.05) is 0 Å². The fraction of sp³-hybridized carbons (Fsp3) is 0.684. The summed E-state index contributed by atoms with van der Waals surface area (Å²) < 4.78 is 0. The molecule has 0 aliphatic rings. The normalized spacial score (nSPS) is 13.4. The Labute approximate surface area is 126 Å². The molecule has 1 nitrogen and oxygen atoms in total. The summed E-state index contributed by atoms with van der Waals surface area (Å²) in [6.45, 7) is 10.3. The zero-order valence-corrected chi connectivity index (χ0v) is 13.9. The van der Waals surface area contributed by atoms with E-state index < -0.39 is 0 Å². The maximum atomic E-state index is 3.71. The minimum absolute atomic E-state index is 0.206. The molecule has 1 N–H and O–H groups in total. The van der Waals surface area contributed by atoms with Crippen LogP contribution in [-0.4, -0.2) is 12.6 Å². The zero-order chi connectivity index (χ0) is 14.8. The predicted molar refractivity (Wildman–Crippen MR) is 90.3 cm³/mol. The lowest BCUT2D eigenvalue weighted by molar-refractivity contribution is 0.407. The van der Waals surface area contributed by atoms with Crippen molar-refractivity contribution in [3.63, 3.8) is 0 Å². The molecule has 1 unspecified atom stereocenters. The van der Waals surface area contributed by atoms with Crippen LogP contribution in [0.3, 0.4) is 0 Å². The van der Waals surface area contributed by atoms with Crippen LogP contribution in [0.2, 0.25) is 0 Å². The van der Waals surface area contributed by atoms with E-state index in [1.165, 1.54) is 44.1 Å². The molecule has 0 amide bonds. The van der Waals surface area contributed by atoms with Crippen molar-refractivity contribution in [2.24, 2.45) is 0 Å². The molecule has 0 bridgehead atoms. The minimum atomic E-state index is 0.206. The van der Waals surface area contributed by atoms with Crippen LogP contribution in [0.4, 0.5) is 0 Å². The van der Waals surface area contributed by atoms with Crippen LogP contribution in [0.25, 0.3) is 0 Å². The van der Waals surface area contributed by atoms with E-state index in [9.17, 15) is 0 Å². The van der Waals surface area contributed by atoms with E-state index in [4.69, 9.17) is 0 Å². The molecule has 0 spiro atoms. The third kappa shape index (κ3) is 6.56. The average molecular weight is 275 g/mol. The molecule has 0 aromatic heterocycles. The number of hydrogen-bond acceptors (Lipinski definition) is 1. The molecule has 0 heterocycles. The van der Waals surface area contributed by atoms with Crippen molar-refractivity contribution in [1.82, 2.24) is 5.32 Å². The maximum absolute atomic E-state index is 3.71. The monoisotopic (exact) mass is 275 g/mol. The largest absolute Gasteiger partial charge is 0.313 e. The Kier molecular flexibility index (Phi) is 7.91. The maximum Gasteiger partial charge on any atom is 0.00456 e. The van der Waals surface area contributed by atoms with Gasteiger partial charge in [0.15, 0.2) is 0 Å². The lowest BCUT2D eigenvalue weighted by atomic mass is 9.84. The molecule has 0 saturated heterocycles. The van der Waals surface area contributed by atoms with Gasteiger partial charge in [0.05, 0.1) is 0 Å². The summed E-state index contributed by atoms with van der Waals surface area (Å²) in [5, 5.41) is 3.71. The van der Waals surface area contributed by atoms with Gasteiger partial charge in [-0.2, -0.15) is 0 Å². The molecular formula is C19H33N. The van der Waals surface area contributed by atoms with Gasteiger partial charge in [-0.15, -0.1) is 0 Å². The number of unbranched alkanes of at least 4 members (excludes halogenated alkanes) is 4. The van der Waals surface area contributed by atoms with Crippen molar-refractivity contribution in [3.05, 3.63) is 35.9 Å². The second kappa shape index (κ2) is 9.18. The Bertz CT molecular complexity index is 342. The lowest BCUT2D eigenvalue weighted by Gasteiger charge is -2.28. The molecule has 0 fully saturated rings. The first kappa shape index (κ1) is 17.2. The predicted octanol–water partition coefficient (Wildman–Crippen LogP) is 5.30. The number of rotatable bonds is 10. The van der Waals surface area contributed by atoms with Crippen LogP contribution >= 0.6 is 0 Å². The highest BCUT2D eigenvalue weighted by atomic mass is 14.9. The van der Waals surface area contributed by atoms with Gasteiger partial charge in [-0.1, -0.05) is 83.2 Å². The van der Waals surface area contributed by atoms with Gasteiger partial charge in [0.1, 0.15) is 0 Å². The van der Waals surface area contributed by atoms with E-state index in [0.29, 0.717) is 6.04 Å². The first-order chi connectivity index (χ1) is 9.56. The quantitative estimate of drug-likeness (QED) is 0.571. The third-order valence-corrected chi connectivity index (χ3v) is 4.19. The van der Waals surface area contributed by atoms with Crippen LogP contribution in [-0.2, 0) is 5.41 Å². The molecular weight excluding hydrogens is 242 g/mol. The Morgan fingerprint density at radius 2 is 1.65 bits per heavy atom. The summed E-state index contributed by atoms with van der Waals surface area (Å²) >= 11 is 0. The molecule has 1 atom stereocenters. The highest BCUT2D eigenvalue weighted by molar-refractivity contribution is 5.23. The Hall–Kier alpha value is -0.820. The molecule has 0 radical (unpaired) electrons. The summed E-state index contributed by atoms with van der Waals surface area (Å²) in [6, 6.07) is 11.4. The highest BCUT2D eigenvalue weighted by Gasteiger charge is 2.20. The molecule has 0 aliphatic carbocycles. The van der Waals surface area contributed by atoms with Gasteiger partial charge < -0.3 is 5.32 Å². The number of nitrogens with one attached hydrogen (secondary N) is 1. The summed E-state index contributed by atoms with van der Waals surface area (Å²) in [4.78, 5) is 0. The minimum Gasteiger partial charge on any atom is -0.313 e. The third-order valence-electron chi connectivity index (χ3n) is 4.19. The van der Waals surface area contributed by atoms with E-state index in [2.05, 4.69) is 63.3 Å². The van der Waals surface area contributed by atoms with Crippen molar-refractivity contribution in [3.8, 4) is 0 Å². The van der Waals surface area contributed by atoms with Crippen LogP contribution in [0.15, 0.2) is 30.3 Å². The van der Waals surface area contributed by atoms with Crippen LogP contribution in [0.1, 0.15) is 71.8 Å². The molecule has 1 rings (SSSR count). The topological polar surface area (TPSA) is 12.0 Å². The van der Waals surface area contributed by atoms with E-state index in [0.717, 1.165) is 6.54 Å². The first-order valence-electron chi connectivity index (χ1n) is 8.35. The molecule has 0 aliphatic heterocycles. The van der Waals surface area contributed by atoms with Gasteiger partial charge in [0, 0.05) is 18.0 Å². The molecule has 1 heteroatoms. The number of benzene rings is 1. The fourth-order valence-corrected chi connectivity index (χ4v) is 2.58. The second-order valence-electron chi connectivity index (χ2n) is 6.73. The molecule has 0 saturated carbocycles. The van der Waals surface area contributed by atoms with Gasteiger partial charge in [-0.3, -0.25) is 0 Å². The summed E-state index contributed by atoms with van der Waals surface area (Å²) in [5.74, 6) is 0. The SMILES string of the molecule is CCCCCCCC(C)NCC(C)(C)c1ccccc1. The Morgan fingerprint density at radius 3 is 2.30 bits per heavy atom. The molecule has 20 heavy (non-hydrogen) atoms. The zero-order valence-electron chi connectivity index (χ0n) is 13.9. The van der Waals surface area contributed by atoms with Crippen molar-refractivity contribution in [1.29, 1.82) is 0 Å². The van der Waals surface area contributed by atoms with Gasteiger partial charge in [-0.05, 0) is 18.9 Å². The van der Waals surface area contributed by atoms with Crippen LogP contribution in [0, 0.1) is 0 Å². The average Bonchev–Trinajstić information content (AvgIpc) is 2.46. The molecule has 114 valence electrons. The van der Waals surface area contributed by atoms with Gasteiger partial charge in [0.2, 0.25) is 0 Å². The Balaban J connectivity index is 2.24. The number of hydrogen-bond donors (Lipinski definition) is 1. The first-order valence-corrected chi connectivity index (χ1v) is 8.35. The van der Waals surface area contributed by atoms with E-state index >= 15 is 0 Å². The van der Waals surface area contributed by atoms with Crippen molar-refractivity contribution in [2.75, 3.05) is 6.54 Å². The van der Waals surface area contributed by atoms with Crippen molar-refractivity contribution >= 4 is 0 Å².